The van der Waals surface area contributed by atoms with E-state index in [0.29, 0.717) is 6.54 Å². The zero-order chi connectivity index (χ0) is 21.5. The van der Waals surface area contributed by atoms with Gasteiger partial charge in [-0.15, -0.1) is 0 Å². The Morgan fingerprint density at radius 3 is 2.45 bits per heavy atom. The van der Waals surface area contributed by atoms with Gasteiger partial charge in [0.1, 0.15) is 5.60 Å². The van der Waals surface area contributed by atoms with Gasteiger partial charge in [-0.25, -0.2) is 4.79 Å². The number of rotatable bonds is 11. The molecule has 1 aromatic rings. The lowest BCUT2D eigenvalue weighted by molar-refractivity contribution is 0.0505. The zero-order valence-electron chi connectivity index (χ0n) is 18.6. The van der Waals surface area contributed by atoms with Gasteiger partial charge >= 0.3 is 6.09 Å². The fourth-order valence-electron chi connectivity index (χ4n) is 2.57. The second-order valence-electron chi connectivity index (χ2n) is 7.66. The van der Waals surface area contributed by atoms with Gasteiger partial charge in [-0.3, -0.25) is 4.99 Å². The maximum Gasteiger partial charge on any atom is 0.408 e. The summed E-state index contributed by atoms with van der Waals surface area (Å²) in [4.78, 5) is 17.0. The van der Waals surface area contributed by atoms with Crippen molar-refractivity contribution in [3.05, 3.63) is 35.9 Å². The van der Waals surface area contributed by atoms with Gasteiger partial charge in [0.2, 0.25) is 0 Å². The lowest BCUT2D eigenvalue weighted by Gasteiger charge is -2.23. The van der Waals surface area contributed by atoms with E-state index in [1.165, 1.54) is 0 Å². The van der Waals surface area contributed by atoms with Crippen molar-refractivity contribution in [2.75, 3.05) is 32.8 Å². The Morgan fingerprint density at radius 1 is 1.10 bits per heavy atom. The van der Waals surface area contributed by atoms with Crippen LogP contribution in [0.3, 0.4) is 0 Å². The van der Waals surface area contributed by atoms with E-state index in [1.807, 2.05) is 65.0 Å². The molecule has 0 aliphatic heterocycles. The van der Waals surface area contributed by atoms with Gasteiger partial charge in [0.05, 0.1) is 12.6 Å². The van der Waals surface area contributed by atoms with Gasteiger partial charge in [0, 0.05) is 26.3 Å². The molecule has 0 saturated heterocycles. The third kappa shape index (κ3) is 12.0. The fourth-order valence-corrected chi connectivity index (χ4v) is 2.57. The van der Waals surface area contributed by atoms with Crippen LogP contribution in [0.4, 0.5) is 4.79 Å². The minimum atomic E-state index is -0.549. The second kappa shape index (κ2) is 13.8. The average molecular weight is 407 g/mol. The van der Waals surface area contributed by atoms with Gasteiger partial charge in [0.15, 0.2) is 5.96 Å². The highest BCUT2D eigenvalue weighted by Gasteiger charge is 2.20. The number of amides is 1. The van der Waals surface area contributed by atoms with Gasteiger partial charge in [-0.05, 0) is 53.0 Å². The van der Waals surface area contributed by atoms with Gasteiger partial charge in [0.25, 0.3) is 0 Å². The van der Waals surface area contributed by atoms with Crippen molar-refractivity contribution in [3.8, 4) is 0 Å². The Bertz CT molecular complexity index is 600. The highest BCUT2D eigenvalue weighted by atomic mass is 16.6. The minimum Gasteiger partial charge on any atom is -0.444 e. The molecule has 3 N–H and O–H groups in total. The van der Waals surface area contributed by atoms with Crippen molar-refractivity contribution < 1.29 is 14.3 Å². The Kier molecular flexibility index (Phi) is 11.8. The predicted molar refractivity (Wildman–Crippen MR) is 118 cm³/mol. The number of nitrogens with one attached hydrogen (secondary N) is 3. The molecule has 0 bridgehead atoms. The van der Waals surface area contributed by atoms with E-state index in [4.69, 9.17) is 9.47 Å². The largest absolute Gasteiger partial charge is 0.444 e. The molecule has 1 aromatic carbocycles. The monoisotopic (exact) mass is 406 g/mol. The maximum absolute atomic E-state index is 12.3. The summed E-state index contributed by atoms with van der Waals surface area (Å²) in [6.45, 7) is 13.1. The predicted octanol–water partition coefficient (Wildman–Crippen LogP) is 3.62. The molecule has 0 fully saturated rings. The van der Waals surface area contributed by atoms with Crippen molar-refractivity contribution in [3.63, 3.8) is 0 Å². The summed E-state index contributed by atoms with van der Waals surface area (Å²) in [7, 11) is 0. The SMILES string of the molecule is CCNC(=NCC(NC(=O)OC(C)(C)C)c1ccccc1)NCCCCOCC. The van der Waals surface area contributed by atoms with Crippen LogP contribution in [-0.4, -0.2) is 50.5 Å². The molecule has 0 aromatic heterocycles. The molecule has 1 rings (SSSR count). The number of nitrogens with zero attached hydrogens (tertiary/aromatic N) is 1. The number of alkyl carbamates (subject to hydrolysis) is 1. The highest BCUT2D eigenvalue weighted by molar-refractivity contribution is 5.79. The molecule has 0 saturated carbocycles. The Balaban J connectivity index is 2.71. The van der Waals surface area contributed by atoms with Crippen LogP contribution in [0.25, 0.3) is 0 Å². The summed E-state index contributed by atoms with van der Waals surface area (Å²) in [6.07, 6.45) is 1.56. The summed E-state index contributed by atoms with van der Waals surface area (Å²) in [5.74, 6) is 0.732. The highest BCUT2D eigenvalue weighted by Crippen LogP contribution is 2.15. The van der Waals surface area contributed by atoms with Crippen molar-refractivity contribution in [2.45, 2.75) is 59.1 Å². The number of carbonyl (C=O) groups is 1. The van der Waals surface area contributed by atoms with Gasteiger partial charge in [-0.2, -0.15) is 0 Å². The molecule has 1 amide bonds. The first-order valence-electron chi connectivity index (χ1n) is 10.5. The molecule has 7 heteroatoms. The maximum atomic E-state index is 12.3. The lowest BCUT2D eigenvalue weighted by Crippen LogP contribution is -2.39. The molecule has 29 heavy (non-hydrogen) atoms. The number of benzene rings is 1. The molecule has 1 unspecified atom stereocenters. The van der Waals surface area contributed by atoms with Crippen LogP contribution in [-0.2, 0) is 9.47 Å². The molecule has 164 valence electrons. The average Bonchev–Trinajstić information content (AvgIpc) is 2.66. The van der Waals surface area contributed by atoms with Crippen molar-refractivity contribution in [1.82, 2.24) is 16.0 Å². The molecule has 0 heterocycles. The van der Waals surface area contributed by atoms with E-state index in [-0.39, 0.29) is 6.04 Å². The zero-order valence-corrected chi connectivity index (χ0v) is 18.6. The molecule has 1 atom stereocenters. The molecule has 0 radical (unpaired) electrons. The van der Waals surface area contributed by atoms with Crippen molar-refractivity contribution >= 4 is 12.1 Å². The van der Waals surface area contributed by atoms with E-state index < -0.39 is 11.7 Å². The summed E-state index contributed by atoms with van der Waals surface area (Å²) in [5, 5.41) is 9.52. The van der Waals surface area contributed by atoms with Crippen LogP contribution in [0.1, 0.15) is 59.1 Å². The Morgan fingerprint density at radius 2 is 1.83 bits per heavy atom. The van der Waals surface area contributed by atoms with Gasteiger partial charge in [-0.1, -0.05) is 30.3 Å². The van der Waals surface area contributed by atoms with Crippen LogP contribution in [0.5, 0.6) is 0 Å². The summed E-state index contributed by atoms with van der Waals surface area (Å²) >= 11 is 0. The Hall–Kier alpha value is -2.28. The van der Waals surface area contributed by atoms with E-state index in [9.17, 15) is 4.79 Å². The molecule has 0 aliphatic rings. The molecule has 7 nitrogen and oxygen atoms in total. The number of unbranched alkanes of at least 4 members (excludes halogenated alkanes) is 1. The normalized spacial score (nSPS) is 12.9. The lowest BCUT2D eigenvalue weighted by atomic mass is 10.1. The second-order valence-corrected chi connectivity index (χ2v) is 7.66. The summed E-state index contributed by atoms with van der Waals surface area (Å²) in [5.41, 5.74) is 0.432. The van der Waals surface area contributed by atoms with E-state index in [0.717, 1.165) is 50.7 Å². The first-order chi connectivity index (χ1) is 13.9. The van der Waals surface area contributed by atoms with Crippen LogP contribution in [0.2, 0.25) is 0 Å². The minimum absolute atomic E-state index is 0.278. The topological polar surface area (TPSA) is 84.0 Å². The third-order valence-electron chi connectivity index (χ3n) is 3.88. The number of hydrogen-bond acceptors (Lipinski definition) is 4. The first kappa shape index (κ1) is 24.8. The Labute approximate surface area is 175 Å². The summed E-state index contributed by atoms with van der Waals surface area (Å²) in [6, 6.07) is 9.53. The molecular weight excluding hydrogens is 368 g/mol. The summed E-state index contributed by atoms with van der Waals surface area (Å²) < 4.78 is 10.8. The van der Waals surface area contributed by atoms with E-state index in [1.54, 1.807) is 0 Å². The number of carbonyl (C=O) groups excluding carboxylic acids is 1. The standard InChI is InChI=1S/C22H38N4O3/c1-6-23-20(24-15-11-12-16-28-7-2)25-17-19(18-13-9-8-10-14-18)26-21(27)29-22(3,4)5/h8-10,13-14,19H,6-7,11-12,15-17H2,1-5H3,(H,26,27)(H2,23,24,25). The van der Waals surface area contributed by atoms with Crippen molar-refractivity contribution in [2.24, 2.45) is 4.99 Å². The number of guanidine groups is 1. The van der Waals surface area contributed by atoms with E-state index in [2.05, 4.69) is 20.9 Å². The van der Waals surface area contributed by atoms with Crippen LogP contribution in [0, 0.1) is 0 Å². The number of ether oxygens (including phenoxy) is 2. The van der Waals surface area contributed by atoms with Gasteiger partial charge < -0.3 is 25.4 Å². The number of aliphatic imine (C=N–C) groups is 1. The van der Waals surface area contributed by atoms with Crippen LogP contribution in [0.15, 0.2) is 35.3 Å². The molecule has 0 aliphatic carbocycles. The number of hydrogen-bond donors (Lipinski definition) is 3. The van der Waals surface area contributed by atoms with Crippen LogP contribution < -0.4 is 16.0 Å². The van der Waals surface area contributed by atoms with Crippen molar-refractivity contribution in [1.29, 1.82) is 0 Å². The van der Waals surface area contributed by atoms with E-state index >= 15 is 0 Å². The fraction of sp³-hybridized carbons (Fsp3) is 0.636. The third-order valence-corrected chi connectivity index (χ3v) is 3.88. The molecule has 0 spiro atoms. The quantitative estimate of drug-likeness (QED) is 0.297. The first-order valence-corrected chi connectivity index (χ1v) is 10.5. The smallest absolute Gasteiger partial charge is 0.408 e. The molecular formula is C22H38N4O3. The van der Waals surface area contributed by atoms with Crippen LogP contribution >= 0.6 is 0 Å².